The van der Waals surface area contributed by atoms with Gasteiger partial charge in [0.25, 0.3) is 0 Å². The minimum atomic E-state index is -0.108. The highest BCUT2D eigenvalue weighted by Gasteiger charge is 2.23. The van der Waals surface area contributed by atoms with Crippen molar-refractivity contribution in [2.75, 3.05) is 13.1 Å². The lowest BCUT2D eigenvalue weighted by Crippen LogP contribution is -2.49. The third-order valence-electron chi connectivity index (χ3n) is 2.58. The van der Waals surface area contributed by atoms with E-state index in [9.17, 15) is 0 Å². The molecule has 0 radical (unpaired) electrons. The van der Waals surface area contributed by atoms with Crippen LogP contribution in [0.5, 0.6) is 0 Å². The largest absolute Gasteiger partial charge is 0.390 e. The van der Waals surface area contributed by atoms with E-state index in [-0.39, 0.29) is 6.10 Å². The van der Waals surface area contributed by atoms with Crippen molar-refractivity contribution in [3.8, 4) is 0 Å². The van der Waals surface area contributed by atoms with Gasteiger partial charge in [-0.25, -0.2) is 0 Å². The van der Waals surface area contributed by atoms with Crippen LogP contribution in [0.15, 0.2) is 22.7 Å². The number of aliphatic hydroxyl groups excluding tert-OH is 1. The molecule has 2 nitrogen and oxygen atoms in total. The fourth-order valence-corrected chi connectivity index (χ4v) is 2.09. The van der Waals surface area contributed by atoms with Crippen LogP contribution < -0.4 is 0 Å². The van der Waals surface area contributed by atoms with Gasteiger partial charge in [0.05, 0.1) is 6.10 Å². The van der Waals surface area contributed by atoms with E-state index in [4.69, 9.17) is 5.11 Å². The standard InChI is InChI=1S/C11H14BrNO/c1-8-2-3-9(4-11(8)12)5-13-6-10(14)7-13/h2-4,10,14H,5-7H2,1H3. The zero-order valence-corrected chi connectivity index (χ0v) is 9.79. The Kier molecular flexibility index (Phi) is 2.91. The summed E-state index contributed by atoms with van der Waals surface area (Å²) in [6, 6.07) is 6.42. The van der Waals surface area contributed by atoms with E-state index in [1.54, 1.807) is 0 Å². The average Bonchev–Trinajstić information content (AvgIpc) is 2.09. The maximum absolute atomic E-state index is 9.14. The highest BCUT2D eigenvalue weighted by Crippen LogP contribution is 2.20. The van der Waals surface area contributed by atoms with Gasteiger partial charge in [-0.3, -0.25) is 4.90 Å². The molecule has 0 bridgehead atoms. The minimum Gasteiger partial charge on any atom is -0.390 e. The van der Waals surface area contributed by atoms with Crippen LogP contribution in [0.25, 0.3) is 0 Å². The molecule has 1 heterocycles. The monoisotopic (exact) mass is 255 g/mol. The lowest BCUT2D eigenvalue weighted by molar-refractivity contribution is -0.00287. The van der Waals surface area contributed by atoms with Crippen LogP contribution in [-0.2, 0) is 6.54 Å². The van der Waals surface area contributed by atoms with Crippen molar-refractivity contribution in [1.29, 1.82) is 0 Å². The second kappa shape index (κ2) is 4.01. The van der Waals surface area contributed by atoms with Crippen LogP contribution in [0.3, 0.4) is 0 Å². The Morgan fingerprint density at radius 2 is 2.21 bits per heavy atom. The number of benzene rings is 1. The molecule has 1 aromatic rings. The van der Waals surface area contributed by atoms with Gasteiger partial charge in [0.15, 0.2) is 0 Å². The van der Waals surface area contributed by atoms with Gasteiger partial charge < -0.3 is 5.11 Å². The minimum absolute atomic E-state index is 0.108. The van der Waals surface area contributed by atoms with Gasteiger partial charge in [-0.05, 0) is 24.1 Å². The highest BCUT2D eigenvalue weighted by molar-refractivity contribution is 9.10. The van der Waals surface area contributed by atoms with E-state index in [0.717, 1.165) is 24.1 Å². The number of hydrogen-bond donors (Lipinski definition) is 1. The van der Waals surface area contributed by atoms with Gasteiger partial charge in [0.1, 0.15) is 0 Å². The summed E-state index contributed by atoms with van der Waals surface area (Å²) in [5, 5.41) is 9.14. The summed E-state index contributed by atoms with van der Waals surface area (Å²) in [4.78, 5) is 2.24. The fraction of sp³-hybridized carbons (Fsp3) is 0.455. The average molecular weight is 256 g/mol. The van der Waals surface area contributed by atoms with Gasteiger partial charge in [-0.2, -0.15) is 0 Å². The van der Waals surface area contributed by atoms with Crippen LogP contribution in [0.2, 0.25) is 0 Å². The highest BCUT2D eigenvalue weighted by atomic mass is 79.9. The summed E-state index contributed by atoms with van der Waals surface area (Å²) in [5.41, 5.74) is 2.56. The van der Waals surface area contributed by atoms with Gasteiger partial charge in [-0.15, -0.1) is 0 Å². The lowest BCUT2D eigenvalue weighted by Gasteiger charge is -2.35. The third kappa shape index (κ3) is 2.16. The van der Waals surface area contributed by atoms with E-state index >= 15 is 0 Å². The molecule has 0 atom stereocenters. The molecule has 0 saturated carbocycles. The van der Waals surface area contributed by atoms with Crippen molar-refractivity contribution in [1.82, 2.24) is 4.90 Å². The predicted octanol–water partition coefficient (Wildman–Crippen LogP) is 1.93. The molecule has 1 saturated heterocycles. The van der Waals surface area contributed by atoms with Crippen LogP contribution >= 0.6 is 15.9 Å². The molecule has 0 amide bonds. The Morgan fingerprint density at radius 3 is 2.79 bits per heavy atom. The SMILES string of the molecule is Cc1ccc(CN2CC(O)C2)cc1Br. The van der Waals surface area contributed by atoms with Crippen molar-refractivity contribution in [2.45, 2.75) is 19.6 Å². The maximum atomic E-state index is 9.14. The first kappa shape index (κ1) is 10.1. The van der Waals surface area contributed by atoms with Gasteiger partial charge in [-0.1, -0.05) is 28.1 Å². The number of hydrogen-bond acceptors (Lipinski definition) is 2. The molecular weight excluding hydrogens is 242 g/mol. The molecule has 14 heavy (non-hydrogen) atoms. The van der Waals surface area contributed by atoms with Crippen molar-refractivity contribution in [3.63, 3.8) is 0 Å². The molecule has 0 spiro atoms. The number of aliphatic hydroxyl groups is 1. The van der Waals surface area contributed by atoms with Gasteiger partial charge in [0.2, 0.25) is 0 Å². The smallest absolute Gasteiger partial charge is 0.0794 e. The second-order valence-electron chi connectivity index (χ2n) is 3.93. The molecule has 0 aliphatic carbocycles. The Bertz CT molecular complexity index is 334. The third-order valence-corrected chi connectivity index (χ3v) is 3.43. The van der Waals surface area contributed by atoms with Crippen LogP contribution in [0, 0.1) is 6.92 Å². The molecule has 0 aromatic heterocycles. The number of nitrogens with zero attached hydrogens (tertiary/aromatic N) is 1. The normalized spacial score (nSPS) is 18.2. The van der Waals surface area contributed by atoms with E-state index in [2.05, 4.69) is 46.0 Å². The predicted molar refractivity (Wildman–Crippen MR) is 60.2 cm³/mol. The Morgan fingerprint density at radius 1 is 1.50 bits per heavy atom. The molecular formula is C11H14BrNO. The van der Waals surface area contributed by atoms with E-state index in [1.807, 2.05) is 0 Å². The summed E-state index contributed by atoms with van der Waals surface area (Å²) in [5.74, 6) is 0. The first-order valence-electron chi connectivity index (χ1n) is 4.80. The molecule has 1 aliphatic heterocycles. The topological polar surface area (TPSA) is 23.5 Å². The molecule has 2 rings (SSSR count). The maximum Gasteiger partial charge on any atom is 0.0794 e. The number of aryl methyl sites for hydroxylation is 1. The van der Waals surface area contributed by atoms with Gasteiger partial charge in [0, 0.05) is 24.1 Å². The summed E-state index contributed by atoms with van der Waals surface area (Å²) >= 11 is 3.52. The van der Waals surface area contributed by atoms with Crippen molar-refractivity contribution in [3.05, 3.63) is 33.8 Å². The van der Waals surface area contributed by atoms with Crippen LogP contribution in [0.1, 0.15) is 11.1 Å². The zero-order valence-electron chi connectivity index (χ0n) is 8.20. The number of rotatable bonds is 2. The molecule has 1 aliphatic rings. The number of β-amino-alcohol motifs (C(OH)–C–C–N with tert-alkyl or cyclic N) is 1. The molecule has 1 N–H and O–H groups in total. The molecule has 0 unspecified atom stereocenters. The summed E-state index contributed by atoms with van der Waals surface area (Å²) in [6.45, 7) is 4.65. The van der Waals surface area contributed by atoms with Gasteiger partial charge >= 0.3 is 0 Å². The Hall–Kier alpha value is -0.380. The summed E-state index contributed by atoms with van der Waals surface area (Å²) < 4.78 is 1.16. The molecule has 3 heteroatoms. The summed E-state index contributed by atoms with van der Waals surface area (Å²) in [6.07, 6.45) is -0.108. The number of halogens is 1. The first-order valence-corrected chi connectivity index (χ1v) is 5.60. The fourth-order valence-electron chi connectivity index (χ4n) is 1.66. The molecule has 76 valence electrons. The summed E-state index contributed by atoms with van der Waals surface area (Å²) in [7, 11) is 0. The zero-order chi connectivity index (χ0) is 10.1. The Balaban J connectivity index is 2.00. The van der Waals surface area contributed by atoms with Crippen molar-refractivity contribution in [2.24, 2.45) is 0 Å². The Labute approximate surface area is 92.7 Å². The quantitative estimate of drug-likeness (QED) is 0.874. The first-order chi connectivity index (χ1) is 6.65. The molecule has 1 fully saturated rings. The van der Waals surface area contributed by atoms with E-state index in [1.165, 1.54) is 11.1 Å². The van der Waals surface area contributed by atoms with E-state index < -0.39 is 0 Å². The number of likely N-dealkylation sites (tertiary alicyclic amines) is 1. The lowest BCUT2D eigenvalue weighted by atomic mass is 10.1. The molecule has 1 aromatic carbocycles. The van der Waals surface area contributed by atoms with Crippen LogP contribution in [0.4, 0.5) is 0 Å². The van der Waals surface area contributed by atoms with Crippen molar-refractivity contribution < 1.29 is 5.11 Å². The van der Waals surface area contributed by atoms with E-state index in [0.29, 0.717) is 0 Å². The second-order valence-corrected chi connectivity index (χ2v) is 4.79. The van der Waals surface area contributed by atoms with Crippen molar-refractivity contribution >= 4 is 15.9 Å². The van der Waals surface area contributed by atoms with Crippen LogP contribution in [-0.4, -0.2) is 29.2 Å².